The summed E-state index contributed by atoms with van der Waals surface area (Å²) in [6.07, 6.45) is 1.23. The molecular formula is C10H15FN2O5S. The van der Waals surface area contributed by atoms with Crippen LogP contribution in [0, 0.1) is 5.82 Å². The van der Waals surface area contributed by atoms with Crippen LogP contribution in [0.2, 0.25) is 0 Å². The van der Waals surface area contributed by atoms with Crippen molar-refractivity contribution in [1.29, 1.82) is 0 Å². The third-order valence-electron chi connectivity index (χ3n) is 2.25. The molecule has 0 radical (unpaired) electrons. The Morgan fingerprint density at radius 3 is 2.68 bits per heavy atom. The summed E-state index contributed by atoms with van der Waals surface area (Å²) in [4.78, 5) is 23.8. The average molecular weight is 294 g/mol. The van der Waals surface area contributed by atoms with Gasteiger partial charge >= 0.3 is 5.69 Å². The van der Waals surface area contributed by atoms with Gasteiger partial charge in [0.05, 0.1) is 18.6 Å². The van der Waals surface area contributed by atoms with Crippen molar-refractivity contribution in [1.82, 2.24) is 9.55 Å². The van der Waals surface area contributed by atoms with Crippen LogP contribution in [-0.4, -0.2) is 36.1 Å². The minimum Gasteiger partial charge on any atom is -0.360 e. The van der Waals surface area contributed by atoms with E-state index in [9.17, 15) is 22.4 Å². The molecule has 1 heterocycles. The van der Waals surface area contributed by atoms with Crippen molar-refractivity contribution in [3.63, 3.8) is 0 Å². The van der Waals surface area contributed by atoms with E-state index in [0.717, 1.165) is 4.57 Å². The number of halogens is 1. The van der Waals surface area contributed by atoms with Crippen molar-refractivity contribution in [3.05, 3.63) is 32.9 Å². The van der Waals surface area contributed by atoms with Gasteiger partial charge in [-0.2, -0.15) is 4.39 Å². The molecule has 19 heavy (non-hydrogen) atoms. The molecule has 1 N–H and O–H groups in total. The second-order valence-corrected chi connectivity index (χ2v) is 6.20. The zero-order valence-electron chi connectivity index (χ0n) is 10.4. The molecule has 1 rings (SSSR count). The van der Waals surface area contributed by atoms with Gasteiger partial charge in [0.25, 0.3) is 5.56 Å². The van der Waals surface area contributed by atoms with Crippen molar-refractivity contribution >= 4 is 9.84 Å². The number of sulfone groups is 1. The Kier molecular flexibility index (Phi) is 5.43. The zero-order chi connectivity index (χ0) is 14.5. The van der Waals surface area contributed by atoms with E-state index in [1.165, 1.54) is 0 Å². The Bertz CT molecular complexity index is 634. The van der Waals surface area contributed by atoms with Gasteiger partial charge < -0.3 is 4.74 Å². The maximum atomic E-state index is 12.9. The molecule has 0 amide bonds. The highest BCUT2D eigenvalue weighted by Crippen LogP contribution is 1.94. The summed E-state index contributed by atoms with van der Waals surface area (Å²) in [5, 5.41) is 0. The average Bonchev–Trinajstić information content (AvgIpc) is 2.30. The van der Waals surface area contributed by atoms with E-state index in [4.69, 9.17) is 4.74 Å². The molecule has 0 atom stereocenters. The number of hydrogen-bond donors (Lipinski definition) is 1. The van der Waals surface area contributed by atoms with Crippen molar-refractivity contribution in [3.8, 4) is 0 Å². The third kappa shape index (κ3) is 4.95. The molecule has 0 bridgehead atoms. The zero-order valence-corrected chi connectivity index (χ0v) is 11.2. The molecule has 0 aromatic carbocycles. The molecular weight excluding hydrogens is 279 g/mol. The Morgan fingerprint density at radius 2 is 2.05 bits per heavy atom. The third-order valence-corrected chi connectivity index (χ3v) is 4.07. The van der Waals surface area contributed by atoms with Crippen LogP contribution in [0.1, 0.15) is 13.3 Å². The van der Waals surface area contributed by atoms with E-state index >= 15 is 0 Å². The molecule has 1 aromatic heterocycles. The van der Waals surface area contributed by atoms with Crippen molar-refractivity contribution in [2.24, 2.45) is 0 Å². The monoisotopic (exact) mass is 294 g/mol. The molecule has 0 aliphatic heterocycles. The number of H-pyrrole nitrogens is 1. The van der Waals surface area contributed by atoms with Gasteiger partial charge in [-0.05, 0) is 6.42 Å². The van der Waals surface area contributed by atoms with Crippen LogP contribution >= 0.6 is 0 Å². The van der Waals surface area contributed by atoms with Crippen LogP contribution in [0.4, 0.5) is 4.39 Å². The van der Waals surface area contributed by atoms with Gasteiger partial charge in [-0.3, -0.25) is 14.3 Å². The molecule has 9 heteroatoms. The summed E-state index contributed by atoms with van der Waals surface area (Å²) in [5.74, 6) is -1.20. The Balaban J connectivity index is 2.53. The first-order valence-corrected chi connectivity index (χ1v) is 7.45. The van der Waals surface area contributed by atoms with Crippen LogP contribution in [0.15, 0.2) is 15.8 Å². The van der Waals surface area contributed by atoms with Crippen LogP contribution in [0.3, 0.4) is 0 Å². The molecule has 0 aliphatic carbocycles. The highest BCUT2D eigenvalue weighted by atomic mass is 32.2. The Morgan fingerprint density at radius 1 is 1.37 bits per heavy atom. The van der Waals surface area contributed by atoms with Crippen molar-refractivity contribution < 1.29 is 17.5 Å². The van der Waals surface area contributed by atoms with E-state index in [0.29, 0.717) is 12.6 Å². The smallest absolute Gasteiger partial charge is 0.330 e. The van der Waals surface area contributed by atoms with E-state index in [1.54, 1.807) is 11.9 Å². The van der Waals surface area contributed by atoms with Gasteiger partial charge in [0.2, 0.25) is 5.82 Å². The summed E-state index contributed by atoms with van der Waals surface area (Å²) in [6, 6.07) is 0. The molecule has 7 nitrogen and oxygen atoms in total. The first-order valence-electron chi connectivity index (χ1n) is 5.63. The van der Waals surface area contributed by atoms with Gasteiger partial charge in [-0.1, -0.05) is 6.92 Å². The maximum absolute atomic E-state index is 12.9. The lowest BCUT2D eigenvalue weighted by molar-refractivity contribution is 0.0847. The first kappa shape index (κ1) is 15.6. The number of aromatic amines is 1. The fourth-order valence-corrected chi connectivity index (χ4v) is 2.54. The summed E-state index contributed by atoms with van der Waals surface area (Å²) >= 11 is 0. The van der Waals surface area contributed by atoms with Crippen LogP contribution in [-0.2, 0) is 21.3 Å². The van der Waals surface area contributed by atoms with E-state index < -0.39 is 26.9 Å². The number of ether oxygens (including phenoxy) is 1. The van der Waals surface area contributed by atoms with E-state index in [1.807, 2.05) is 0 Å². The summed E-state index contributed by atoms with van der Waals surface area (Å²) in [7, 11) is -3.16. The lowest BCUT2D eigenvalue weighted by atomic mass is 10.6. The number of aromatic nitrogens is 2. The van der Waals surface area contributed by atoms with Crippen LogP contribution in [0.25, 0.3) is 0 Å². The Labute approximate surface area is 108 Å². The molecule has 0 saturated heterocycles. The second kappa shape index (κ2) is 6.62. The molecule has 0 unspecified atom stereocenters. The van der Waals surface area contributed by atoms with Gasteiger partial charge in [0, 0.05) is 5.75 Å². The van der Waals surface area contributed by atoms with E-state index in [-0.39, 0.29) is 24.8 Å². The molecule has 0 aliphatic rings. The second-order valence-electron chi connectivity index (χ2n) is 3.90. The predicted molar refractivity (Wildman–Crippen MR) is 66.2 cm³/mol. The summed E-state index contributed by atoms with van der Waals surface area (Å²) in [6.45, 7) is 1.32. The SMILES string of the molecule is CCCS(=O)(=O)CCOCn1cc(F)c(=O)[nH]c1=O. The largest absolute Gasteiger partial charge is 0.360 e. The predicted octanol–water partition coefficient (Wildman–Crippen LogP) is -0.525. The Hall–Kier alpha value is -1.48. The standard InChI is InChI=1S/C10H15FN2O5S/c1-2-4-19(16,17)5-3-18-7-13-6-8(11)9(14)12-10(13)15/h6H,2-5,7H2,1H3,(H,12,14,15). The van der Waals surface area contributed by atoms with Gasteiger partial charge in [-0.25, -0.2) is 13.2 Å². The molecule has 1 aromatic rings. The fraction of sp³-hybridized carbons (Fsp3) is 0.600. The lowest BCUT2D eigenvalue weighted by Gasteiger charge is -2.07. The number of nitrogens with one attached hydrogen (secondary N) is 1. The molecule has 0 fully saturated rings. The normalized spacial score (nSPS) is 11.7. The van der Waals surface area contributed by atoms with Crippen molar-refractivity contribution in [2.75, 3.05) is 18.1 Å². The highest BCUT2D eigenvalue weighted by molar-refractivity contribution is 7.91. The van der Waals surface area contributed by atoms with Crippen molar-refractivity contribution in [2.45, 2.75) is 20.1 Å². The minimum atomic E-state index is -3.16. The molecule has 0 saturated carbocycles. The number of nitrogens with zero attached hydrogens (tertiary/aromatic N) is 1. The van der Waals surface area contributed by atoms with Gasteiger partial charge in [-0.15, -0.1) is 0 Å². The molecule has 0 spiro atoms. The maximum Gasteiger partial charge on any atom is 0.330 e. The summed E-state index contributed by atoms with van der Waals surface area (Å²) < 4.78 is 41.4. The van der Waals surface area contributed by atoms with Crippen LogP contribution in [0.5, 0.6) is 0 Å². The quantitative estimate of drug-likeness (QED) is 0.682. The van der Waals surface area contributed by atoms with Gasteiger partial charge in [0.1, 0.15) is 6.73 Å². The minimum absolute atomic E-state index is 0.0730. The first-order chi connectivity index (χ1) is 8.85. The van der Waals surface area contributed by atoms with E-state index in [2.05, 4.69) is 0 Å². The topological polar surface area (TPSA) is 98.2 Å². The fourth-order valence-electron chi connectivity index (χ4n) is 1.34. The number of rotatable bonds is 7. The lowest BCUT2D eigenvalue weighted by Crippen LogP contribution is -2.32. The summed E-state index contributed by atoms with van der Waals surface area (Å²) in [5.41, 5.74) is -1.92. The highest BCUT2D eigenvalue weighted by Gasteiger charge is 2.09. The van der Waals surface area contributed by atoms with Gasteiger partial charge in [0.15, 0.2) is 9.84 Å². The molecule has 108 valence electrons. The number of hydrogen-bond acceptors (Lipinski definition) is 5. The van der Waals surface area contributed by atoms with Crippen LogP contribution < -0.4 is 11.2 Å².